The molecule has 0 spiro atoms. The highest BCUT2D eigenvalue weighted by Gasteiger charge is 2.36. The molecule has 1 aromatic carbocycles. The summed E-state index contributed by atoms with van der Waals surface area (Å²) in [4.78, 5) is 40.0. The van der Waals surface area contributed by atoms with Crippen molar-refractivity contribution in [2.24, 2.45) is 11.8 Å². The molecule has 2 aliphatic heterocycles. The minimum absolute atomic E-state index is 0.0731. The molecule has 2 heterocycles. The first-order chi connectivity index (χ1) is 12.5. The first-order valence-electron chi connectivity index (χ1n) is 9.41. The van der Waals surface area contributed by atoms with Gasteiger partial charge in [-0.25, -0.2) is 0 Å². The van der Waals surface area contributed by atoms with E-state index in [9.17, 15) is 14.4 Å². The van der Waals surface area contributed by atoms with Crippen LogP contribution in [-0.2, 0) is 9.59 Å². The number of carbonyl (C=O) groups excluding carboxylic acids is 3. The molecule has 1 N–H and O–H groups in total. The number of hydrogen-bond donors (Lipinski definition) is 1. The van der Waals surface area contributed by atoms with Crippen LogP contribution in [0.2, 0.25) is 0 Å². The molecule has 0 bridgehead atoms. The van der Waals surface area contributed by atoms with Crippen LogP contribution in [0.1, 0.15) is 36.5 Å². The van der Waals surface area contributed by atoms with Crippen LogP contribution in [0.4, 0.5) is 0 Å². The van der Waals surface area contributed by atoms with Gasteiger partial charge in [-0.1, -0.05) is 18.2 Å². The zero-order chi connectivity index (χ0) is 18.5. The number of rotatable bonds is 4. The fraction of sp³-hybridized carbons (Fsp3) is 0.550. The first-order valence-corrected chi connectivity index (χ1v) is 9.41. The summed E-state index contributed by atoms with van der Waals surface area (Å²) in [5.41, 5.74) is 0.729. The van der Waals surface area contributed by atoms with Gasteiger partial charge in [-0.2, -0.15) is 0 Å². The summed E-state index contributed by atoms with van der Waals surface area (Å²) in [6.45, 7) is 4.68. The maximum atomic E-state index is 12.7. The third-order valence-electron chi connectivity index (χ3n) is 5.51. The Kier molecular flexibility index (Phi) is 5.91. The smallest absolute Gasteiger partial charge is 0.253 e. The molecule has 3 rings (SSSR count). The third kappa shape index (κ3) is 4.42. The largest absolute Gasteiger partial charge is 0.355 e. The molecule has 0 radical (unpaired) electrons. The van der Waals surface area contributed by atoms with Crippen LogP contribution in [0.25, 0.3) is 0 Å². The van der Waals surface area contributed by atoms with Gasteiger partial charge < -0.3 is 15.1 Å². The van der Waals surface area contributed by atoms with E-state index in [4.69, 9.17) is 0 Å². The minimum Gasteiger partial charge on any atom is -0.355 e. The van der Waals surface area contributed by atoms with Crippen LogP contribution in [-0.4, -0.2) is 60.2 Å². The molecule has 2 unspecified atom stereocenters. The Labute approximate surface area is 154 Å². The number of carbonyl (C=O) groups is 3. The molecule has 2 fully saturated rings. The SMILES string of the molecule is CC(=O)NCCN1CCC2CN(C(=O)c3ccccc3)CCC2CC1=O. The summed E-state index contributed by atoms with van der Waals surface area (Å²) >= 11 is 0. The van der Waals surface area contributed by atoms with Crippen LogP contribution in [0.3, 0.4) is 0 Å². The minimum atomic E-state index is -0.0731. The second-order valence-corrected chi connectivity index (χ2v) is 7.28. The van der Waals surface area contributed by atoms with Gasteiger partial charge in [0.1, 0.15) is 0 Å². The van der Waals surface area contributed by atoms with Crippen LogP contribution >= 0.6 is 0 Å². The Bertz CT molecular complexity index is 662. The van der Waals surface area contributed by atoms with Crippen molar-refractivity contribution in [3.8, 4) is 0 Å². The summed E-state index contributed by atoms with van der Waals surface area (Å²) in [5, 5.41) is 2.75. The predicted octanol–water partition coefficient (Wildman–Crippen LogP) is 1.52. The zero-order valence-electron chi connectivity index (χ0n) is 15.3. The fourth-order valence-electron chi connectivity index (χ4n) is 4.03. The lowest BCUT2D eigenvalue weighted by Gasteiger charge is -2.37. The van der Waals surface area contributed by atoms with Gasteiger partial charge >= 0.3 is 0 Å². The highest BCUT2D eigenvalue weighted by atomic mass is 16.2. The highest BCUT2D eigenvalue weighted by molar-refractivity contribution is 5.94. The number of benzene rings is 1. The molecule has 26 heavy (non-hydrogen) atoms. The predicted molar refractivity (Wildman–Crippen MR) is 98.4 cm³/mol. The van der Waals surface area contributed by atoms with Crippen LogP contribution in [0, 0.1) is 11.8 Å². The van der Waals surface area contributed by atoms with Crippen molar-refractivity contribution in [1.82, 2.24) is 15.1 Å². The van der Waals surface area contributed by atoms with Gasteiger partial charge in [0.25, 0.3) is 5.91 Å². The molecule has 2 saturated heterocycles. The normalized spacial score (nSPS) is 23.2. The molecule has 1 aromatic rings. The second-order valence-electron chi connectivity index (χ2n) is 7.28. The molecular weight excluding hydrogens is 330 g/mol. The average molecular weight is 357 g/mol. The van der Waals surface area contributed by atoms with E-state index in [0.717, 1.165) is 24.9 Å². The van der Waals surface area contributed by atoms with E-state index in [1.54, 1.807) is 0 Å². The van der Waals surface area contributed by atoms with Crippen LogP contribution < -0.4 is 5.32 Å². The lowest BCUT2D eigenvalue weighted by molar-refractivity contribution is -0.132. The number of piperidine rings is 1. The van der Waals surface area contributed by atoms with Crippen molar-refractivity contribution in [2.75, 3.05) is 32.7 Å². The molecule has 3 amide bonds. The van der Waals surface area contributed by atoms with E-state index < -0.39 is 0 Å². The van der Waals surface area contributed by atoms with E-state index in [2.05, 4.69) is 5.32 Å². The summed E-state index contributed by atoms with van der Waals surface area (Å²) in [6.07, 6.45) is 2.35. The average Bonchev–Trinajstić information content (AvgIpc) is 2.80. The van der Waals surface area contributed by atoms with E-state index in [1.165, 1.54) is 6.92 Å². The Hall–Kier alpha value is -2.37. The Morgan fingerprint density at radius 3 is 2.58 bits per heavy atom. The topological polar surface area (TPSA) is 69.7 Å². The first kappa shape index (κ1) is 18.4. The molecule has 6 heteroatoms. The maximum Gasteiger partial charge on any atom is 0.253 e. The number of nitrogens with zero attached hydrogens (tertiary/aromatic N) is 2. The number of amides is 3. The van der Waals surface area contributed by atoms with Gasteiger partial charge in [0.05, 0.1) is 0 Å². The maximum absolute atomic E-state index is 12.7. The van der Waals surface area contributed by atoms with Crippen molar-refractivity contribution >= 4 is 17.7 Å². The van der Waals surface area contributed by atoms with Gasteiger partial charge in [0.2, 0.25) is 11.8 Å². The third-order valence-corrected chi connectivity index (χ3v) is 5.51. The Morgan fingerprint density at radius 2 is 1.85 bits per heavy atom. The lowest BCUT2D eigenvalue weighted by Crippen LogP contribution is -2.43. The fourth-order valence-corrected chi connectivity index (χ4v) is 4.03. The zero-order valence-corrected chi connectivity index (χ0v) is 15.3. The van der Waals surface area contributed by atoms with E-state index >= 15 is 0 Å². The standard InChI is InChI=1S/C20H27N3O3/c1-15(24)21-9-12-22-10-8-18-14-23(11-7-17(18)13-19(22)25)20(26)16-5-3-2-4-6-16/h2-6,17-18H,7-14H2,1H3,(H,21,24). The molecule has 140 valence electrons. The van der Waals surface area contributed by atoms with Crippen molar-refractivity contribution in [3.63, 3.8) is 0 Å². The van der Waals surface area contributed by atoms with Gasteiger partial charge in [-0.05, 0) is 36.8 Å². The van der Waals surface area contributed by atoms with Gasteiger partial charge in [-0.15, -0.1) is 0 Å². The van der Waals surface area contributed by atoms with E-state index in [1.807, 2.05) is 40.1 Å². The lowest BCUT2D eigenvalue weighted by atomic mass is 9.82. The van der Waals surface area contributed by atoms with Crippen molar-refractivity contribution < 1.29 is 14.4 Å². The Balaban J connectivity index is 1.58. The summed E-state index contributed by atoms with van der Waals surface area (Å²) in [6, 6.07) is 9.40. The summed E-state index contributed by atoms with van der Waals surface area (Å²) in [5.74, 6) is 0.906. The van der Waals surface area contributed by atoms with E-state index in [0.29, 0.717) is 44.4 Å². The van der Waals surface area contributed by atoms with Gasteiger partial charge in [0, 0.05) is 51.6 Å². The van der Waals surface area contributed by atoms with E-state index in [-0.39, 0.29) is 17.7 Å². The summed E-state index contributed by atoms with van der Waals surface area (Å²) in [7, 11) is 0. The van der Waals surface area contributed by atoms with Crippen molar-refractivity contribution in [2.45, 2.75) is 26.2 Å². The number of likely N-dealkylation sites (tertiary alicyclic amines) is 2. The van der Waals surface area contributed by atoms with Crippen molar-refractivity contribution in [3.05, 3.63) is 35.9 Å². The molecule has 2 aliphatic rings. The molecule has 2 atom stereocenters. The quantitative estimate of drug-likeness (QED) is 0.888. The highest BCUT2D eigenvalue weighted by Crippen LogP contribution is 2.32. The summed E-state index contributed by atoms with van der Waals surface area (Å²) < 4.78 is 0. The molecule has 0 aromatic heterocycles. The van der Waals surface area contributed by atoms with Gasteiger partial charge in [-0.3, -0.25) is 14.4 Å². The molecule has 0 saturated carbocycles. The number of fused-ring (bicyclic) bond motifs is 1. The molecular formula is C20H27N3O3. The monoisotopic (exact) mass is 357 g/mol. The van der Waals surface area contributed by atoms with Crippen LogP contribution in [0.15, 0.2) is 30.3 Å². The second kappa shape index (κ2) is 8.34. The van der Waals surface area contributed by atoms with Gasteiger partial charge in [0.15, 0.2) is 0 Å². The molecule has 6 nitrogen and oxygen atoms in total. The molecule has 0 aliphatic carbocycles. The van der Waals surface area contributed by atoms with Crippen molar-refractivity contribution in [1.29, 1.82) is 0 Å². The van der Waals surface area contributed by atoms with Crippen LogP contribution in [0.5, 0.6) is 0 Å². The number of nitrogens with one attached hydrogen (secondary N) is 1. The Morgan fingerprint density at radius 1 is 1.12 bits per heavy atom. The number of hydrogen-bond acceptors (Lipinski definition) is 3.